The number of amides is 1. The highest BCUT2D eigenvalue weighted by atomic mass is 32.1. The van der Waals surface area contributed by atoms with Crippen molar-refractivity contribution in [2.24, 2.45) is 0 Å². The molecule has 1 aliphatic heterocycles. The number of carbonyl (C=O) groups excluding carboxylic acids is 1. The van der Waals surface area contributed by atoms with E-state index in [1.54, 1.807) is 0 Å². The summed E-state index contributed by atoms with van der Waals surface area (Å²) in [6, 6.07) is 16.3. The highest BCUT2D eigenvalue weighted by Crippen LogP contribution is 2.28. The summed E-state index contributed by atoms with van der Waals surface area (Å²) < 4.78 is 7.10. The van der Waals surface area contributed by atoms with Crippen LogP contribution in [-0.4, -0.2) is 42.6 Å². The molecule has 1 saturated heterocycles. The molecule has 0 N–H and O–H groups in total. The Morgan fingerprint density at radius 2 is 1.78 bits per heavy atom. The second kappa shape index (κ2) is 9.43. The van der Waals surface area contributed by atoms with E-state index in [1.165, 1.54) is 27.8 Å². The van der Waals surface area contributed by atoms with Crippen LogP contribution in [0.25, 0.3) is 21.1 Å². The largest absolute Gasteiger partial charge is 0.347 e. The molecule has 184 valence electrons. The molecule has 1 fully saturated rings. The maximum atomic E-state index is 13.0. The minimum atomic E-state index is 0.0435. The first kappa shape index (κ1) is 22.8. The Labute approximate surface area is 213 Å². The second-order valence-electron chi connectivity index (χ2n) is 9.59. The number of carbonyl (C=O) groups is 1. The molecule has 1 aliphatic rings. The number of imidazole rings is 1. The van der Waals surface area contributed by atoms with E-state index in [0.717, 1.165) is 42.0 Å². The number of hydrogen-bond acceptors (Lipinski definition) is 4. The summed E-state index contributed by atoms with van der Waals surface area (Å²) in [4.78, 5) is 32.3. The average molecular weight is 500 g/mol. The minimum absolute atomic E-state index is 0.0435. The SMILES string of the molecule is Cc1cn(CCC(=O)N2CCC(c3nccn3Cn3c(=O)sc4ccccc43)CC2)c2ccccc12. The third-order valence-electron chi connectivity index (χ3n) is 7.38. The molecule has 36 heavy (non-hydrogen) atoms. The van der Waals surface area contributed by atoms with Crippen LogP contribution < -0.4 is 4.87 Å². The van der Waals surface area contributed by atoms with Crippen LogP contribution in [0.4, 0.5) is 0 Å². The normalized spacial score (nSPS) is 14.8. The first-order valence-corrected chi connectivity index (χ1v) is 13.3. The van der Waals surface area contributed by atoms with Crippen molar-refractivity contribution in [2.45, 2.75) is 45.3 Å². The van der Waals surface area contributed by atoms with Gasteiger partial charge < -0.3 is 14.0 Å². The van der Waals surface area contributed by atoms with Crippen molar-refractivity contribution in [3.8, 4) is 0 Å². The fraction of sp³-hybridized carbons (Fsp3) is 0.321. The minimum Gasteiger partial charge on any atom is -0.347 e. The Bertz CT molecular complexity index is 1600. The molecule has 1 amide bonds. The standard InChI is InChI=1S/C28H29N5O2S/c1-20-18-31(23-7-3-2-6-22(20)23)16-12-26(34)30-14-10-21(11-15-30)27-29-13-17-32(27)19-33-24-8-4-5-9-25(24)36-28(33)35/h2-9,13,17-18,21H,10-12,14-16,19H2,1H3. The van der Waals surface area contributed by atoms with Crippen LogP contribution in [0.2, 0.25) is 0 Å². The first-order chi connectivity index (χ1) is 17.6. The molecule has 3 aromatic heterocycles. The molecule has 2 aromatic carbocycles. The number of nitrogens with zero attached hydrogens (tertiary/aromatic N) is 5. The van der Waals surface area contributed by atoms with Crippen molar-refractivity contribution in [2.75, 3.05) is 13.1 Å². The number of benzene rings is 2. The van der Waals surface area contributed by atoms with Crippen LogP contribution in [0.1, 0.15) is 36.6 Å². The summed E-state index contributed by atoms with van der Waals surface area (Å²) in [5, 5.41) is 1.25. The van der Waals surface area contributed by atoms with Crippen LogP contribution >= 0.6 is 11.3 Å². The fourth-order valence-electron chi connectivity index (χ4n) is 5.48. The van der Waals surface area contributed by atoms with E-state index in [4.69, 9.17) is 0 Å². The number of para-hydroxylation sites is 2. The summed E-state index contributed by atoms with van der Waals surface area (Å²) in [5.41, 5.74) is 3.39. The number of aromatic nitrogens is 4. The van der Waals surface area contributed by atoms with Gasteiger partial charge >= 0.3 is 4.87 Å². The molecule has 0 atom stereocenters. The molecule has 8 heteroatoms. The highest BCUT2D eigenvalue weighted by molar-refractivity contribution is 7.16. The third kappa shape index (κ3) is 4.15. The van der Waals surface area contributed by atoms with Gasteiger partial charge in [0.05, 0.1) is 10.2 Å². The molecule has 7 nitrogen and oxygen atoms in total. The predicted molar refractivity (Wildman–Crippen MR) is 144 cm³/mol. The van der Waals surface area contributed by atoms with Gasteiger partial charge in [-0.25, -0.2) is 4.98 Å². The van der Waals surface area contributed by atoms with Gasteiger partial charge in [-0.2, -0.15) is 0 Å². The first-order valence-electron chi connectivity index (χ1n) is 12.5. The maximum absolute atomic E-state index is 13.0. The van der Waals surface area contributed by atoms with Crippen LogP contribution in [-0.2, 0) is 18.0 Å². The van der Waals surface area contributed by atoms with Crippen LogP contribution in [0.5, 0.6) is 0 Å². The molecule has 4 heterocycles. The smallest absolute Gasteiger partial charge is 0.309 e. The summed E-state index contributed by atoms with van der Waals surface area (Å²) >= 11 is 1.28. The highest BCUT2D eigenvalue weighted by Gasteiger charge is 2.26. The van der Waals surface area contributed by atoms with Gasteiger partial charge in [0.2, 0.25) is 5.91 Å². The van der Waals surface area contributed by atoms with E-state index in [2.05, 4.69) is 45.4 Å². The van der Waals surface area contributed by atoms with E-state index in [0.29, 0.717) is 19.6 Å². The summed E-state index contributed by atoms with van der Waals surface area (Å²) in [6.07, 6.45) is 8.18. The van der Waals surface area contributed by atoms with E-state index in [9.17, 15) is 9.59 Å². The number of thiazole rings is 1. The summed E-state index contributed by atoms with van der Waals surface area (Å²) in [6.45, 7) is 4.75. The summed E-state index contributed by atoms with van der Waals surface area (Å²) in [5.74, 6) is 1.49. The molecule has 5 aromatic rings. The molecular weight excluding hydrogens is 470 g/mol. The van der Waals surface area contributed by atoms with E-state index >= 15 is 0 Å². The van der Waals surface area contributed by atoms with Crippen LogP contribution in [0.15, 0.2) is 71.9 Å². The van der Waals surface area contributed by atoms with Gasteiger partial charge in [-0.3, -0.25) is 14.2 Å². The monoisotopic (exact) mass is 499 g/mol. The molecule has 0 spiro atoms. The van der Waals surface area contributed by atoms with Crippen molar-refractivity contribution >= 4 is 38.4 Å². The van der Waals surface area contributed by atoms with Gasteiger partial charge in [0.1, 0.15) is 12.5 Å². The lowest BCUT2D eigenvalue weighted by Crippen LogP contribution is -2.38. The van der Waals surface area contributed by atoms with Gasteiger partial charge in [0, 0.05) is 61.5 Å². The van der Waals surface area contributed by atoms with Crippen molar-refractivity contribution in [3.63, 3.8) is 0 Å². The van der Waals surface area contributed by atoms with Gasteiger partial charge in [0.25, 0.3) is 0 Å². The molecule has 0 saturated carbocycles. The van der Waals surface area contributed by atoms with Crippen molar-refractivity contribution in [3.05, 3.63) is 88.2 Å². The zero-order chi connectivity index (χ0) is 24.6. The molecule has 0 bridgehead atoms. The quantitative estimate of drug-likeness (QED) is 0.336. The Morgan fingerprint density at radius 1 is 1.03 bits per heavy atom. The number of hydrogen-bond donors (Lipinski definition) is 0. The molecule has 0 aliphatic carbocycles. The van der Waals surface area contributed by atoms with Gasteiger partial charge in [-0.15, -0.1) is 0 Å². The van der Waals surface area contributed by atoms with Gasteiger partial charge in [-0.1, -0.05) is 41.7 Å². The lowest BCUT2D eigenvalue weighted by molar-refractivity contribution is -0.132. The Hall–Kier alpha value is -3.65. The number of aryl methyl sites for hydroxylation is 2. The zero-order valence-corrected chi connectivity index (χ0v) is 21.2. The summed E-state index contributed by atoms with van der Waals surface area (Å²) in [7, 11) is 0. The van der Waals surface area contributed by atoms with E-state index in [-0.39, 0.29) is 16.7 Å². The molecule has 0 radical (unpaired) electrons. The number of fused-ring (bicyclic) bond motifs is 2. The number of piperidine rings is 1. The van der Waals surface area contributed by atoms with Crippen LogP contribution in [0, 0.1) is 6.92 Å². The van der Waals surface area contributed by atoms with Crippen molar-refractivity contribution in [1.82, 2.24) is 23.6 Å². The lowest BCUT2D eigenvalue weighted by atomic mass is 9.95. The fourth-order valence-corrected chi connectivity index (χ4v) is 6.36. The van der Waals surface area contributed by atoms with Gasteiger partial charge in [0.15, 0.2) is 0 Å². The third-order valence-corrected chi connectivity index (χ3v) is 8.34. The zero-order valence-electron chi connectivity index (χ0n) is 20.3. The lowest BCUT2D eigenvalue weighted by Gasteiger charge is -2.32. The molecular formula is C28H29N5O2S. The Balaban J connectivity index is 1.09. The van der Waals surface area contributed by atoms with Gasteiger partial charge in [-0.05, 0) is 43.5 Å². The second-order valence-corrected chi connectivity index (χ2v) is 10.6. The predicted octanol–water partition coefficient (Wildman–Crippen LogP) is 4.82. The van der Waals surface area contributed by atoms with E-state index in [1.807, 2.05) is 52.2 Å². The average Bonchev–Trinajstić information content (AvgIpc) is 3.59. The topological polar surface area (TPSA) is 65.1 Å². The van der Waals surface area contributed by atoms with E-state index < -0.39 is 0 Å². The number of rotatable bonds is 6. The maximum Gasteiger partial charge on any atom is 0.309 e. The Morgan fingerprint density at radius 3 is 2.61 bits per heavy atom. The molecule has 6 rings (SSSR count). The Kier molecular flexibility index (Phi) is 5.97. The van der Waals surface area contributed by atoms with Crippen LogP contribution in [0.3, 0.4) is 0 Å². The number of likely N-dealkylation sites (tertiary alicyclic amines) is 1. The van der Waals surface area contributed by atoms with Crippen molar-refractivity contribution < 1.29 is 4.79 Å². The van der Waals surface area contributed by atoms with Crippen molar-refractivity contribution in [1.29, 1.82) is 0 Å². The molecule has 0 unspecified atom stereocenters.